The zero-order chi connectivity index (χ0) is 14.6. The predicted octanol–water partition coefficient (Wildman–Crippen LogP) is 1.25. The first kappa shape index (κ1) is 17.1. The summed E-state index contributed by atoms with van der Waals surface area (Å²) >= 11 is 0. The van der Waals surface area contributed by atoms with Crippen LogP contribution < -0.4 is 5.73 Å². The van der Waals surface area contributed by atoms with Gasteiger partial charge in [0.15, 0.2) is 0 Å². The molecule has 20 heavy (non-hydrogen) atoms. The highest BCUT2D eigenvalue weighted by Gasteiger charge is 2.07. The molecule has 3 N–H and O–H groups in total. The van der Waals surface area contributed by atoms with Crippen molar-refractivity contribution in [3.05, 3.63) is 35.4 Å². The lowest BCUT2D eigenvalue weighted by molar-refractivity contribution is 0.000497. The molecule has 0 radical (unpaired) electrons. The van der Waals surface area contributed by atoms with Crippen LogP contribution in [-0.2, 0) is 20.8 Å². The second-order valence-electron chi connectivity index (χ2n) is 4.50. The van der Waals surface area contributed by atoms with E-state index in [1.807, 2.05) is 24.3 Å². The molecule has 0 amide bonds. The van der Waals surface area contributed by atoms with Crippen molar-refractivity contribution in [2.45, 2.75) is 19.1 Å². The van der Waals surface area contributed by atoms with Crippen molar-refractivity contribution in [1.82, 2.24) is 0 Å². The Bertz CT molecular complexity index is 342. The highest BCUT2D eigenvalue weighted by atomic mass is 16.5. The maximum Gasteiger partial charge on any atom is 0.102 e. The molecule has 0 aliphatic rings. The molecule has 1 aromatic rings. The quantitative estimate of drug-likeness (QED) is 0.598. The standard InChI is InChI=1S/C15H25NO4/c1-18-7-2-8-19-9-10-20-12-15(17)14-5-3-13(11-16)4-6-14/h3-6,15,17H,2,7-12,16H2,1H3. The second kappa shape index (κ2) is 10.8. The molecule has 0 aliphatic heterocycles. The van der Waals surface area contributed by atoms with Gasteiger partial charge in [0.05, 0.1) is 19.8 Å². The number of nitrogens with two attached hydrogens (primary N) is 1. The van der Waals surface area contributed by atoms with Crippen molar-refractivity contribution in [3.63, 3.8) is 0 Å². The van der Waals surface area contributed by atoms with E-state index in [0.717, 1.165) is 17.5 Å². The fourth-order valence-corrected chi connectivity index (χ4v) is 1.69. The van der Waals surface area contributed by atoms with Crippen LogP contribution in [0.4, 0.5) is 0 Å². The molecule has 1 unspecified atom stereocenters. The number of methoxy groups -OCH3 is 1. The first-order valence-electron chi connectivity index (χ1n) is 6.89. The molecule has 0 saturated carbocycles. The normalized spacial score (nSPS) is 12.6. The predicted molar refractivity (Wildman–Crippen MR) is 77.4 cm³/mol. The third kappa shape index (κ3) is 6.98. The lowest BCUT2D eigenvalue weighted by Crippen LogP contribution is -2.12. The highest BCUT2D eigenvalue weighted by molar-refractivity contribution is 5.23. The summed E-state index contributed by atoms with van der Waals surface area (Å²) in [5.74, 6) is 0. The summed E-state index contributed by atoms with van der Waals surface area (Å²) in [5.41, 5.74) is 7.41. The van der Waals surface area contributed by atoms with E-state index in [0.29, 0.717) is 33.0 Å². The Balaban J connectivity index is 2.08. The Labute approximate surface area is 120 Å². The zero-order valence-electron chi connectivity index (χ0n) is 12.1. The van der Waals surface area contributed by atoms with Crippen molar-refractivity contribution < 1.29 is 19.3 Å². The van der Waals surface area contributed by atoms with Crippen LogP contribution in [0.3, 0.4) is 0 Å². The Hall–Kier alpha value is -0.980. The lowest BCUT2D eigenvalue weighted by Gasteiger charge is -2.12. The SMILES string of the molecule is COCCCOCCOCC(O)c1ccc(CN)cc1. The number of ether oxygens (including phenoxy) is 3. The van der Waals surface area contributed by atoms with E-state index in [-0.39, 0.29) is 6.61 Å². The smallest absolute Gasteiger partial charge is 0.102 e. The third-order valence-electron chi connectivity index (χ3n) is 2.89. The summed E-state index contributed by atoms with van der Waals surface area (Å²) in [4.78, 5) is 0. The molecule has 1 aromatic carbocycles. The molecule has 0 aliphatic carbocycles. The number of rotatable bonds is 11. The van der Waals surface area contributed by atoms with Gasteiger partial charge in [-0.15, -0.1) is 0 Å². The molecule has 0 spiro atoms. The zero-order valence-corrected chi connectivity index (χ0v) is 12.1. The van der Waals surface area contributed by atoms with Gasteiger partial charge in [-0.05, 0) is 17.5 Å². The lowest BCUT2D eigenvalue weighted by atomic mass is 10.1. The second-order valence-corrected chi connectivity index (χ2v) is 4.50. The fraction of sp³-hybridized carbons (Fsp3) is 0.600. The number of aliphatic hydroxyl groups is 1. The van der Waals surface area contributed by atoms with E-state index in [9.17, 15) is 5.11 Å². The van der Waals surface area contributed by atoms with Crippen LogP contribution in [-0.4, -0.2) is 45.3 Å². The molecule has 0 aromatic heterocycles. The Kier molecular flexibility index (Phi) is 9.19. The third-order valence-corrected chi connectivity index (χ3v) is 2.89. The minimum absolute atomic E-state index is 0.267. The van der Waals surface area contributed by atoms with Crippen LogP contribution in [0.2, 0.25) is 0 Å². The Morgan fingerprint density at radius 1 is 1.05 bits per heavy atom. The summed E-state index contributed by atoms with van der Waals surface area (Å²) in [5, 5.41) is 9.94. The number of hydrogen-bond donors (Lipinski definition) is 2. The van der Waals surface area contributed by atoms with Crippen LogP contribution in [0.1, 0.15) is 23.7 Å². The largest absolute Gasteiger partial charge is 0.386 e. The maximum atomic E-state index is 9.94. The molecule has 5 heteroatoms. The minimum atomic E-state index is -0.615. The van der Waals surface area contributed by atoms with Crippen LogP contribution in [0.5, 0.6) is 0 Å². The highest BCUT2D eigenvalue weighted by Crippen LogP contribution is 2.13. The van der Waals surface area contributed by atoms with Gasteiger partial charge in [-0.2, -0.15) is 0 Å². The summed E-state index contributed by atoms with van der Waals surface area (Å²) < 4.78 is 15.6. The molecular weight excluding hydrogens is 258 g/mol. The molecular formula is C15H25NO4. The van der Waals surface area contributed by atoms with E-state index in [1.54, 1.807) is 7.11 Å². The average Bonchev–Trinajstić information content (AvgIpc) is 2.50. The molecule has 0 saturated heterocycles. The monoisotopic (exact) mass is 283 g/mol. The molecule has 0 bridgehead atoms. The summed E-state index contributed by atoms with van der Waals surface area (Å²) in [6, 6.07) is 7.57. The Morgan fingerprint density at radius 2 is 1.75 bits per heavy atom. The molecule has 1 atom stereocenters. The van der Waals surface area contributed by atoms with Crippen molar-refractivity contribution >= 4 is 0 Å². The number of benzene rings is 1. The van der Waals surface area contributed by atoms with Gasteiger partial charge in [0.1, 0.15) is 6.10 Å². The van der Waals surface area contributed by atoms with E-state index in [1.165, 1.54) is 0 Å². The van der Waals surface area contributed by atoms with E-state index in [2.05, 4.69) is 0 Å². The summed E-state index contributed by atoms with van der Waals surface area (Å²) in [7, 11) is 1.67. The van der Waals surface area contributed by atoms with Crippen LogP contribution in [0.25, 0.3) is 0 Å². The van der Waals surface area contributed by atoms with Crippen molar-refractivity contribution in [1.29, 1.82) is 0 Å². The van der Waals surface area contributed by atoms with Gasteiger partial charge < -0.3 is 25.1 Å². The van der Waals surface area contributed by atoms with Gasteiger partial charge in [0.25, 0.3) is 0 Å². The van der Waals surface area contributed by atoms with Crippen LogP contribution in [0, 0.1) is 0 Å². The van der Waals surface area contributed by atoms with Crippen molar-refractivity contribution in [2.75, 3.05) is 40.1 Å². The molecule has 0 heterocycles. The molecule has 0 fully saturated rings. The first-order valence-corrected chi connectivity index (χ1v) is 6.89. The average molecular weight is 283 g/mol. The Morgan fingerprint density at radius 3 is 2.40 bits per heavy atom. The topological polar surface area (TPSA) is 73.9 Å². The van der Waals surface area contributed by atoms with Crippen LogP contribution in [0.15, 0.2) is 24.3 Å². The number of hydrogen-bond acceptors (Lipinski definition) is 5. The summed E-state index contributed by atoms with van der Waals surface area (Å²) in [6.07, 6.45) is 0.266. The molecule has 1 rings (SSSR count). The van der Waals surface area contributed by atoms with E-state index in [4.69, 9.17) is 19.9 Å². The van der Waals surface area contributed by atoms with E-state index >= 15 is 0 Å². The first-order chi connectivity index (χ1) is 9.77. The maximum absolute atomic E-state index is 9.94. The van der Waals surface area contributed by atoms with Gasteiger partial charge in [-0.3, -0.25) is 0 Å². The van der Waals surface area contributed by atoms with Gasteiger partial charge >= 0.3 is 0 Å². The van der Waals surface area contributed by atoms with Gasteiger partial charge in [-0.25, -0.2) is 0 Å². The van der Waals surface area contributed by atoms with Crippen molar-refractivity contribution in [2.24, 2.45) is 5.73 Å². The summed E-state index contributed by atoms with van der Waals surface area (Å²) in [6.45, 7) is 3.16. The van der Waals surface area contributed by atoms with Crippen LogP contribution >= 0.6 is 0 Å². The minimum Gasteiger partial charge on any atom is -0.386 e. The molecule has 114 valence electrons. The van der Waals surface area contributed by atoms with Gasteiger partial charge in [0.2, 0.25) is 0 Å². The van der Waals surface area contributed by atoms with Crippen molar-refractivity contribution in [3.8, 4) is 0 Å². The van der Waals surface area contributed by atoms with Gasteiger partial charge in [-0.1, -0.05) is 24.3 Å². The fourth-order valence-electron chi connectivity index (χ4n) is 1.69. The van der Waals surface area contributed by atoms with Gasteiger partial charge in [0, 0.05) is 26.9 Å². The number of aliphatic hydroxyl groups excluding tert-OH is 1. The van der Waals surface area contributed by atoms with E-state index < -0.39 is 6.10 Å². The molecule has 5 nitrogen and oxygen atoms in total.